The number of carbonyl (C=O) groups is 6. The number of ether oxygens (including phenoxy) is 6. The van der Waals surface area contributed by atoms with E-state index in [0.29, 0.717) is 78.0 Å². The minimum atomic E-state index is -0.149. The van der Waals surface area contributed by atoms with Crippen LogP contribution in [0.1, 0.15) is 542 Å². The van der Waals surface area contributed by atoms with Gasteiger partial charge in [0, 0.05) is 97.4 Å². The van der Waals surface area contributed by atoms with Gasteiger partial charge in [-0.1, -0.05) is 382 Å². The van der Waals surface area contributed by atoms with Crippen molar-refractivity contribution in [1.82, 2.24) is 19.6 Å². The van der Waals surface area contributed by atoms with Gasteiger partial charge in [-0.15, -0.1) is 0 Å². The van der Waals surface area contributed by atoms with Crippen molar-refractivity contribution in [3.63, 3.8) is 0 Å². The highest BCUT2D eigenvalue weighted by molar-refractivity contribution is 5.71. The quantitative estimate of drug-likeness (QED) is 0.0244. The van der Waals surface area contributed by atoms with Crippen LogP contribution in [0.5, 0.6) is 0 Å². The second-order valence-electron chi connectivity index (χ2n) is 41.3. The average molecular weight is 1990 g/mol. The van der Waals surface area contributed by atoms with E-state index < -0.39 is 0 Å². The molecule has 0 bridgehead atoms. The van der Waals surface area contributed by atoms with Crippen molar-refractivity contribution in [3.05, 3.63) is 109 Å². The van der Waals surface area contributed by atoms with E-state index in [1.165, 1.54) is 231 Å². The van der Waals surface area contributed by atoms with E-state index in [1.54, 1.807) is 0 Å². The summed E-state index contributed by atoms with van der Waals surface area (Å²) in [6.07, 6.45) is 125. The first-order valence-electron chi connectivity index (χ1n) is 60.4. The van der Waals surface area contributed by atoms with Crippen LogP contribution in [0.4, 0.5) is 0 Å². The lowest BCUT2D eigenvalue weighted by Gasteiger charge is -2.29. The molecule has 0 aliphatic heterocycles. The van der Waals surface area contributed by atoms with Crippen LogP contribution in [0.15, 0.2) is 109 Å². The van der Waals surface area contributed by atoms with Crippen molar-refractivity contribution in [2.24, 2.45) is 0 Å². The van der Waals surface area contributed by atoms with Crippen molar-refractivity contribution in [2.45, 2.75) is 561 Å². The van der Waals surface area contributed by atoms with Crippen molar-refractivity contribution in [2.75, 3.05) is 99.9 Å². The van der Waals surface area contributed by atoms with Crippen molar-refractivity contribution >= 4 is 35.8 Å². The third-order valence-electron chi connectivity index (χ3n) is 27.3. The van der Waals surface area contributed by atoms with Gasteiger partial charge in [-0.05, 0) is 233 Å². The third kappa shape index (κ3) is 106. The fourth-order valence-corrected chi connectivity index (χ4v) is 17.6. The first-order chi connectivity index (χ1) is 69.7. The minimum Gasteiger partial charge on any atom is -0.466 e. The van der Waals surface area contributed by atoms with Gasteiger partial charge in [0.25, 0.3) is 0 Å². The SMILES string of the molecule is CCCCC/C=C\C/C=C\CCCCCCCC(=O)OC(C/C=C\CCCCCCCCOC(=O)CCN(C)CCN(CCN(C)CCC(=O)OCCCCCCCC/C=C\CC(CCCCCC)OC(=O)CCCCCCC/C=C\C/C=C\CCCCC)CCN(C)CCC(=O)OCCCCCCCC/C=C\CC(CCCCCC)OC(=O)CCCCCCC/C=C\C/C=C\CCCCC)CCCCCC. The lowest BCUT2D eigenvalue weighted by atomic mass is 10.1. The number of esters is 6. The number of hydrogen-bond donors (Lipinski definition) is 0. The Labute approximate surface area is 877 Å². The van der Waals surface area contributed by atoms with E-state index in [0.717, 1.165) is 270 Å². The molecule has 0 aromatic rings. The Kier molecular flexibility index (Phi) is 108. The van der Waals surface area contributed by atoms with Crippen LogP contribution >= 0.6 is 0 Å². The van der Waals surface area contributed by atoms with Crippen LogP contribution in [-0.4, -0.2) is 174 Å². The Bertz CT molecular complexity index is 2730. The predicted octanol–water partition coefficient (Wildman–Crippen LogP) is 35.0. The van der Waals surface area contributed by atoms with Crippen LogP contribution < -0.4 is 0 Å². The van der Waals surface area contributed by atoms with Crippen molar-refractivity contribution < 1.29 is 57.2 Å². The van der Waals surface area contributed by atoms with E-state index in [1.807, 2.05) is 0 Å². The summed E-state index contributed by atoms with van der Waals surface area (Å²) in [5.41, 5.74) is 0. The Morgan fingerprint density at radius 3 is 0.613 bits per heavy atom. The number of unbranched alkanes of at least 4 members (excludes halogenated alkanes) is 51. The Hall–Kier alpha value is -5.68. The highest BCUT2D eigenvalue weighted by Gasteiger charge is 2.19. The molecule has 0 amide bonds. The molecule has 0 aliphatic rings. The third-order valence-corrected chi connectivity index (χ3v) is 27.3. The highest BCUT2D eigenvalue weighted by atomic mass is 16.6. The molecule has 0 rings (SSSR count). The zero-order valence-corrected chi connectivity index (χ0v) is 94.5. The first kappa shape index (κ1) is 136. The largest absolute Gasteiger partial charge is 0.466 e. The molecule has 3 atom stereocenters. The molecule has 0 fully saturated rings. The number of carbonyl (C=O) groups excluding carboxylic acids is 6. The fraction of sp³-hybridized carbons (Fsp3) is 0.810. The molecule has 0 aromatic heterocycles. The van der Waals surface area contributed by atoms with Gasteiger partial charge in [-0.3, -0.25) is 33.7 Å². The average Bonchev–Trinajstić information content (AvgIpc) is 0.952. The lowest BCUT2D eigenvalue weighted by molar-refractivity contribution is -0.150. The van der Waals surface area contributed by atoms with Gasteiger partial charge < -0.3 is 43.1 Å². The van der Waals surface area contributed by atoms with Gasteiger partial charge in [-0.25, -0.2) is 0 Å². The molecule has 16 nitrogen and oxygen atoms in total. The standard InChI is InChI=1S/C126H228N4O12/c1-10-16-22-28-31-34-37-40-43-46-49-58-67-76-88-100-124(134)140-118(94-82-25-19-13-4)97-85-73-64-55-52-61-70-79-91-115-137-121(131)103-106-127(7)109-112-130(113-110-128(8)107-104-122(132)138-116-92-80-71-62-53-56-65-74-86-98-119(95-83-26-20-14-5)141-125(135)101-89-77-68-59-50-47-44-41-38-35-32-29-23-17-11-2)114-111-129(9)108-105-123(133)139-117-93-81-72-63-54-57-66-75-87-99-120(96-84-27-21-15-6)142-126(136)102-90-78-69-60-51-48-45-42-39-36-33-30-24-18-12-3/h31-36,40-45,73-75,85-87,118-120H,10-30,37-39,46-72,76-84,88-117H2,1-9H3/b34-31-,35-32-,36-33-,43-40-,44-41-,45-42-,85-73-,86-74-,87-75-. The molecule has 0 aliphatic carbocycles. The topological polar surface area (TPSA) is 171 Å². The second kappa shape index (κ2) is 112. The molecule has 3 unspecified atom stereocenters. The summed E-state index contributed by atoms with van der Waals surface area (Å²) in [7, 11) is 6.22. The van der Waals surface area contributed by atoms with E-state index in [-0.39, 0.29) is 54.1 Å². The molecule has 0 saturated heterocycles. The smallest absolute Gasteiger partial charge is 0.307 e. The molecule has 0 aromatic carbocycles. The molecule has 0 spiro atoms. The fourth-order valence-electron chi connectivity index (χ4n) is 17.6. The number of hydrogen-bond acceptors (Lipinski definition) is 16. The summed E-state index contributed by atoms with van der Waals surface area (Å²) in [4.78, 5) is 86.9. The van der Waals surface area contributed by atoms with Gasteiger partial charge in [0.05, 0.1) is 39.1 Å². The normalized spacial score (nSPS) is 12.9. The van der Waals surface area contributed by atoms with Gasteiger partial charge in [0.2, 0.25) is 0 Å². The Balaban J connectivity index is 5.13. The summed E-state index contributed by atoms with van der Waals surface area (Å²) in [6, 6.07) is 0. The highest BCUT2D eigenvalue weighted by Crippen LogP contribution is 2.23. The van der Waals surface area contributed by atoms with Crippen LogP contribution in [-0.2, 0) is 57.2 Å². The van der Waals surface area contributed by atoms with Crippen LogP contribution in [0.2, 0.25) is 0 Å². The molecule has 142 heavy (non-hydrogen) atoms. The maximum Gasteiger partial charge on any atom is 0.307 e. The van der Waals surface area contributed by atoms with Gasteiger partial charge in [0.15, 0.2) is 0 Å². The summed E-state index contributed by atoms with van der Waals surface area (Å²) in [5, 5.41) is 0. The van der Waals surface area contributed by atoms with Crippen LogP contribution in [0, 0.1) is 0 Å². The Morgan fingerprint density at radius 2 is 0.380 bits per heavy atom. The van der Waals surface area contributed by atoms with Crippen molar-refractivity contribution in [1.29, 1.82) is 0 Å². The van der Waals surface area contributed by atoms with Crippen LogP contribution in [0.3, 0.4) is 0 Å². The summed E-state index contributed by atoms with van der Waals surface area (Å²) in [6.45, 7) is 21.5. The second-order valence-corrected chi connectivity index (χ2v) is 41.3. The molecule has 0 N–H and O–H groups in total. The van der Waals surface area contributed by atoms with Crippen molar-refractivity contribution in [3.8, 4) is 0 Å². The number of rotatable bonds is 111. The summed E-state index contributed by atoms with van der Waals surface area (Å²) >= 11 is 0. The van der Waals surface area contributed by atoms with Gasteiger partial charge >= 0.3 is 35.8 Å². The molecule has 824 valence electrons. The van der Waals surface area contributed by atoms with E-state index in [4.69, 9.17) is 28.4 Å². The summed E-state index contributed by atoms with van der Waals surface area (Å²) in [5.74, 6) is -0.541. The number of allylic oxidation sites excluding steroid dienone is 15. The van der Waals surface area contributed by atoms with E-state index in [2.05, 4.69) is 192 Å². The minimum absolute atomic E-state index is 0.0271. The zero-order chi connectivity index (χ0) is 103. The lowest BCUT2D eigenvalue weighted by Crippen LogP contribution is -2.42. The zero-order valence-electron chi connectivity index (χ0n) is 94.5. The molecular weight excluding hydrogens is 1760 g/mol. The first-order valence-corrected chi connectivity index (χ1v) is 60.4. The van der Waals surface area contributed by atoms with Gasteiger partial charge in [0.1, 0.15) is 18.3 Å². The Morgan fingerprint density at radius 1 is 0.190 bits per heavy atom. The van der Waals surface area contributed by atoms with E-state index in [9.17, 15) is 28.8 Å². The van der Waals surface area contributed by atoms with E-state index >= 15 is 0 Å². The molecule has 0 radical (unpaired) electrons. The number of nitrogens with zero attached hydrogens (tertiary/aromatic N) is 4. The molecular formula is C126H228N4O12. The predicted molar refractivity (Wildman–Crippen MR) is 608 cm³/mol. The molecule has 0 saturated carbocycles. The molecule has 16 heteroatoms. The maximum absolute atomic E-state index is 13.0. The summed E-state index contributed by atoms with van der Waals surface area (Å²) < 4.78 is 35.4. The molecule has 0 heterocycles. The van der Waals surface area contributed by atoms with Crippen LogP contribution in [0.25, 0.3) is 0 Å². The monoisotopic (exact) mass is 1990 g/mol. The maximum atomic E-state index is 13.0. The number of likely N-dealkylation sites (N-methyl/N-ethyl adjacent to an activating group) is 3. The van der Waals surface area contributed by atoms with Gasteiger partial charge in [-0.2, -0.15) is 0 Å².